The summed E-state index contributed by atoms with van der Waals surface area (Å²) in [5, 5.41) is 0. The van der Waals surface area contributed by atoms with Gasteiger partial charge in [-0.25, -0.2) is 4.39 Å². The Bertz CT molecular complexity index is 173. The highest BCUT2D eigenvalue weighted by atomic mass is 19.1. The van der Waals surface area contributed by atoms with E-state index >= 15 is 0 Å². The van der Waals surface area contributed by atoms with Crippen LogP contribution in [-0.4, -0.2) is 0 Å². The maximum absolute atomic E-state index is 12.1. The van der Waals surface area contributed by atoms with E-state index in [4.69, 9.17) is 5.73 Å². The van der Waals surface area contributed by atoms with Gasteiger partial charge in [0.15, 0.2) is 0 Å². The molecule has 0 atom stereocenters. The van der Waals surface area contributed by atoms with Gasteiger partial charge in [-0.3, -0.25) is 9.41 Å². The van der Waals surface area contributed by atoms with Gasteiger partial charge in [-0.15, -0.1) is 0 Å². The largest absolute Gasteiger partial charge is 0.399 e. The molecule has 1 aromatic carbocycles. The van der Waals surface area contributed by atoms with E-state index in [-0.39, 0.29) is 15.2 Å². The smallest absolute Gasteiger partial charge is 0.125 e. The topological polar surface area (TPSA) is 26.0 Å². The molecule has 0 aliphatic carbocycles. The third-order valence-corrected chi connectivity index (χ3v) is 0.849. The Kier molecular flexibility index (Phi) is 5.41. The summed E-state index contributed by atoms with van der Waals surface area (Å²) in [6, 6.07) is 5.85. The fourth-order valence-corrected chi connectivity index (χ4v) is 0.507. The summed E-state index contributed by atoms with van der Waals surface area (Å²) in [5.74, 6) is -0.287. The van der Waals surface area contributed by atoms with Crippen LogP contribution in [-0.2, 0) is 0 Å². The minimum atomic E-state index is -0.287. The summed E-state index contributed by atoms with van der Waals surface area (Å²) in [6.07, 6.45) is 0. The molecule has 10 heavy (non-hydrogen) atoms. The molecular weight excluding hydrogens is 143 g/mol. The molecule has 0 heterocycles. The molecule has 4 heteroatoms. The molecule has 2 N–H and O–H groups in total. The summed E-state index contributed by atoms with van der Waals surface area (Å²) in [4.78, 5) is 0. The summed E-state index contributed by atoms with van der Waals surface area (Å²) in [6.45, 7) is 0. The van der Waals surface area contributed by atoms with E-state index in [1.165, 1.54) is 12.1 Å². The Labute approximate surface area is 56.4 Å². The Morgan fingerprint density at radius 3 is 2.10 bits per heavy atom. The molecule has 0 radical (unpaired) electrons. The first kappa shape index (κ1) is 11.6. The standard InChI is InChI=1S/C6H6FN.2FH/c7-5-2-1-3-6(8)4-5;;/h1-4H,8H2;2*1H. The van der Waals surface area contributed by atoms with E-state index in [0.29, 0.717) is 5.69 Å². The van der Waals surface area contributed by atoms with Gasteiger partial charge < -0.3 is 5.73 Å². The average Bonchev–Trinajstić information content (AvgIpc) is 1.64. The highest BCUT2D eigenvalue weighted by Gasteiger charge is 1.85. The molecule has 58 valence electrons. The van der Waals surface area contributed by atoms with Crippen molar-refractivity contribution < 1.29 is 13.8 Å². The zero-order valence-electron chi connectivity index (χ0n) is 5.08. The van der Waals surface area contributed by atoms with Crippen LogP contribution in [0.2, 0.25) is 0 Å². The van der Waals surface area contributed by atoms with Gasteiger partial charge in [0.1, 0.15) is 5.82 Å². The van der Waals surface area contributed by atoms with Crippen LogP contribution in [0.3, 0.4) is 0 Å². The first-order valence-corrected chi connectivity index (χ1v) is 2.30. The zero-order chi connectivity index (χ0) is 5.98. The summed E-state index contributed by atoms with van der Waals surface area (Å²) in [5.41, 5.74) is 5.68. The first-order chi connectivity index (χ1) is 3.79. The van der Waals surface area contributed by atoms with Gasteiger partial charge in [0.25, 0.3) is 0 Å². The van der Waals surface area contributed by atoms with E-state index in [1.54, 1.807) is 12.1 Å². The molecule has 1 rings (SSSR count). The minimum absolute atomic E-state index is 0. The van der Waals surface area contributed by atoms with Crippen LogP contribution in [0.1, 0.15) is 0 Å². The number of rotatable bonds is 0. The molecule has 0 amide bonds. The van der Waals surface area contributed by atoms with Crippen LogP contribution in [0.5, 0.6) is 0 Å². The summed E-state index contributed by atoms with van der Waals surface area (Å²) in [7, 11) is 0. The Morgan fingerprint density at radius 1 is 1.20 bits per heavy atom. The lowest BCUT2D eigenvalue weighted by molar-refractivity contribution is 0.628. The predicted molar refractivity (Wildman–Crippen MR) is 35.8 cm³/mol. The molecule has 0 aromatic heterocycles. The number of anilines is 1. The SMILES string of the molecule is F.F.Nc1cccc(F)c1. The monoisotopic (exact) mass is 151 g/mol. The van der Waals surface area contributed by atoms with Crippen LogP contribution in [0.25, 0.3) is 0 Å². The number of nitrogen functional groups attached to an aromatic ring is 1. The third kappa shape index (κ3) is 2.96. The van der Waals surface area contributed by atoms with Crippen molar-refractivity contribution in [3.05, 3.63) is 30.1 Å². The fraction of sp³-hybridized carbons (Fsp3) is 0. The predicted octanol–water partition coefficient (Wildman–Crippen LogP) is 1.71. The van der Waals surface area contributed by atoms with E-state index in [0.717, 1.165) is 0 Å². The van der Waals surface area contributed by atoms with Crippen LogP contribution in [0.15, 0.2) is 24.3 Å². The Morgan fingerprint density at radius 2 is 1.80 bits per heavy atom. The second-order valence-electron chi connectivity index (χ2n) is 1.56. The van der Waals surface area contributed by atoms with Crippen molar-refractivity contribution in [1.29, 1.82) is 0 Å². The Balaban J connectivity index is 0. The maximum atomic E-state index is 12.1. The quantitative estimate of drug-likeness (QED) is 0.561. The van der Waals surface area contributed by atoms with Crippen LogP contribution >= 0.6 is 0 Å². The van der Waals surface area contributed by atoms with Crippen molar-refractivity contribution in [2.45, 2.75) is 0 Å². The highest BCUT2D eigenvalue weighted by molar-refractivity contribution is 5.36. The fourth-order valence-electron chi connectivity index (χ4n) is 0.507. The van der Waals surface area contributed by atoms with Gasteiger partial charge in [0.2, 0.25) is 0 Å². The van der Waals surface area contributed by atoms with Crippen molar-refractivity contribution in [2.24, 2.45) is 0 Å². The van der Waals surface area contributed by atoms with Crippen molar-refractivity contribution in [3.8, 4) is 0 Å². The van der Waals surface area contributed by atoms with Crippen molar-refractivity contribution in [1.82, 2.24) is 0 Å². The zero-order valence-corrected chi connectivity index (χ0v) is 5.08. The van der Waals surface area contributed by atoms with E-state index in [2.05, 4.69) is 0 Å². The molecule has 0 saturated heterocycles. The molecule has 1 aromatic rings. The number of nitrogens with two attached hydrogens (primary N) is 1. The van der Waals surface area contributed by atoms with E-state index < -0.39 is 0 Å². The lowest BCUT2D eigenvalue weighted by Gasteiger charge is -1.88. The van der Waals surface area contributed by atoms with E-state index in [1.807, 2.05) is 0 Å². The number of hydrogen-bond acceptors (Lipinski definition) is 1. The van der Waals surface area contributed by atoms with Gasteiger partial charge in [-0.05, 0) is 18.2 Å². The molecule has 0 unspecified atom stereocenters. The molecule has 0 bridgehead atoms. The van der Waals surface area contributed by atoms with Crippen molar-refractivity contribution >= 4 is 5.69 Å². The van der Waals surface area contributed by atoms with Crippen LogP contribution < -0.4 is 5.73 Å². The van der Waals surface area contributed by atoms with Crippen LogP contribution in [0, 0.1) is 5.82 Å². The van der Waals surface area contributed by atoms with Gasteiger partial charge in [0, 0.05) is 5.69 Å². The summed E-state index contributed by atoms with van der Waals surface area (Å²) < 4.78 is 12.1. The normalized spacial score (nSPS) is 7.30. The highest BCUT2D eigenvalue weighted by Crippen LogP contribution is 2.02. The molecule has 0 aliphatic heterocycles. The van der Waals surface area contributed by atoms with Gasteiger partial charge in [-0.1, -0.05) is 6.07 Å². The molecule has 0 saturated carbocycles. The molecule has 0 fully saturated rings. The van der Waals surface area contributed by atoms with Crippen LogP contribution in [0.4, 0.5) is 19.5 Å². The molecule has 1 nitrogen and oxygen atoms in total. The number of halogens is 3. The lowest BCUT2D eigenvalue weighted by Crippen LogP contribution is -1.83. The lowest BCUT2D eigenvalue weighted by atomic mass is 10.3. The van der Waals surface area contributed by atoms with Gasteiger partial charge in [-0.2, -0.15) is 0 Å². The second-order valence-corrected chi connectivity index (χ2v) is 1.56. The van der Waals surface area contributed by atoms with E-state index in [9.17, 15) is 4.39 Å². The molecule has 0 aliphatic rings. The number of hydrogen-bond donors (Lipinski definition) is 1. The Hall–Kier alpha value is -1.19. The average molecular weight is 151 g/mol. The van der Waals surface area contributed by atoms with Gasteiger partial charge in [0.05, 0.1) is 0 Å². The molecular formula is C6H8F3N. The maximum Gasteiger partial charge on any atom is 0.125 e. The van der Waals surface area contributed by atoms with Gasteiger partial charge >= 0.3 is 0 Å². The molecule has 0 spiro atoms. The van der Waals surface area contributed by atoms with Crippen molar-refractivity contribution in [3.63, 3.8) is 0 Å². The second kappa shape index (κ2) is 4.67. The summed E-state index contributed by atoms with van der Waals surface area (Å²) >= 11 is 0. The van der Waals surface area contributed by atoms with Crippen molar-refractivity contribution in [2.75, 3.05) is 5.73 Å². The number of benzene rings is 1. The first-order valence-electron chi connectivity index (χ1n) is 2.30. The minimum Gasteiger partial charge on any atom is -0.399 e. The third-order valence-electron chi connectivity index (χ3n) is 0.849.